The van der Waals surface area contributed by atoms with Crippen molar-refractivity contribution >= 4 is 28.1 Å². The third-order valence-electron chi connectivity index (χ3n) is 5.56. The number of amides is 1. The predicted molar refractivity (Wildman–Crippen MR) is 134 cm³/mol. The average molecular weight is 463 g/mol. The number of carbonyl (C=O) groups is 1. The highest BCUT2D eigenvalue weighted by atomic mass is 32.1. The Bertz CT molecular complexity index is 1590. The van der Waals surface area contributed by atoms with E-state index in [9.17, 15) is 4.79 Å². The van der Waals surface area contributed by atoms with Crippen LogP contribution >= 0.6 is 11.3 Å². The maximum absolute atomic E-state index is 13.5. The Balaban J connectivity index is 1.44. The Hall–Kier alpha value is -4.49. The Morgan fingerprint density at radius 1 is 0.882 bits per heavy atom. The Morgan fingerprint density at radius 3 is 2.59 bits per heavy atom. The molecule has 6 rings (SSSR count). The number of thiophene rings is 1. The summed E-state index contributed by atoms with van der Waals surface area (Å²) in [5.41, 5.74) is 8.60. The summed E-state index contributed by atoms with van der Waals surface area (Å²) in [6.07, 6.45) is 3.28. The van der Waals surface area contributed by atoms with Crippen molar-refractivity contribution in [2.75, 3.05) is 5.43 Å². The van der Waals surface area contributed by atoms with Crippen LogP contribution in [0, 0.1) is 0 Å². The van der Waals surface area contributed by atoms with Crippen LogP contribution in [0.1, 0.15) is 10.4 Å². The second-order valence-corrected chi connectivity index (χ2v) is 8.51. The van der Waals surface area contributed by atoms with Gasteiger partial charge in [-0.05, 0) is 64.4 Å². The molecular weight excluding hydrogens is 444 g/mol. The lowest BCUT2D eigenvalue weighted by molar-refractivity contribution is 0.101. The third-order valence-corrected chi connectivity index (χ3v) is 6.24. The summed E-state index contributed by atoms with van der Waals surface area (Å²) in [6, 6.07) is 25.2. The minimum Gasteiger partial charge on any atom is -0.463 e. The summed E-state index contributed by atoms with van der Waals surface area (Å²) in [4.78, 5) is 19.7. The van der Waals surface area contributed by atoms with Crippen molar-refractivity contribution in [3.05, 3.63) is 108 Å². The van der Waals surface area contributed by atoms with Crippen LogP contribution < -0.4 is 5.43 Å². The van der Waals surface area contributed by atoms with E-state index in [1.165, 1.54) is 4.79 Å². The molecule has 7 heteroatoms. The van der Waals surface area contributed by atoms with Crippen molar-refractivity contribution in [3.8, 4) is 33.8 Å². The molecule has 0 spiro atoms. The highest BCUT2D eigenvalue weighted by molar-refractivity contribution is 7.08. The largest absolute Gasteiger partial charge is 0.463 e. The number of pyridine rings is 1. The topological polar surface area (TPSA) is 73.0 Å². The van der Waals surface area contributed by atoms with Gasteiger partial charge in [-0.1, -0.05) is 36.4 Å². The van der Waals surface area contributed by atoms with E-state index in [2.05, 4.69) is 22.0 Å². The summed E-state index contributed by atoms with van der Waals surface area (Å²) in [5, 5.41) is 9.32. The van der Waals surface area contributed by atoms with Crippen LogP contribution in [0.2, 0.25) is 0 Å². The molecule has 0 radical (unpaired) electrons. The molecule has 6 aromatic rings. The van der Waals surface area contributed by atoms with E-state index in [0.717, 1.165) is 33.3 Å². The fourth-order valence-electron chi connectivity index (χ4n) is 3.88. The molecule has 6 nitrogen and oxygen atoms in total. The highest BCUT2D eigenvalue weighted by Crippen LogP contribution is 2.30. The fourth-order valence-corrected chi connectivity index (χ4v) is 4.55. The van der Waals surface area contributed by atoms with Gasteiger partial charge in [0.1, 0.15) is 5.69 Å². The zero-order valence-electron chi connectivity index (χ0n) is 17.9. The van der Waals surface area contributed by atoms with E-state index >= 15 is 0 Å². The van der Waals surface area contributed by atoms with Gasteiger partial charge in [0.2, 0.25) is 0 Å². The van der Waals surface area contributed by atoms with Gasteiger partial charge in [0.05, 0.1) is 23.0 Å². The highest BCUT2D eigenvalue weighted by Gasteiger charge is 2.16. The fraction of sp³-hybridized carbons (Fsp3) is 0. The lowest BCUT2D eigenvalue weighted by Gasteiger charge is -2.12. The van der Waals surface area contributed by atoms with Crippen LogP contribution in [0.3, 0.4) is 0 Å². The summed E-state index contributed by atoms with van der Waals surface area (Å²) in [5.74, 6) is 0.357. The maximum Gasteiger partial charge on any atom is 0.272 e. The van der Waals surface area contributed by atoms with E-state index < -0.39 is 0 Å². The molecule has 0 aliphatic heterocycles. The van der Waals surface area contributed by atoms with Crippen LogP contribution in [0.15, 0.2) is 107 Å². The van der Waals surface area contributed by atoms with Crippen molar-refractivity contribution in [1.29, 1.82) is 0 Å². The maximum atomic E-state index is 13.5. The predicted octanol–water partition coefficient (Wildman–Crippen LogP) is 6.47. The van der Waals surface area contributed by atoms with Gasteiger partial charge in [0, 0.05) is 17.1 Å². The second-order valence-electron chi connectivity index (χ2n) is 7.73. The number of fused-ring (bicyclic) bond motifs is 1. The standard InChI is InChI=1S/C27H18N4O2S/c32-27(30-31-12-10-24(29-31)26-7-4-13-33-26)22-16-25(18-5-2-1-3-6-18)28-23-9-8-19(15-21(22)23)20-11-14-34-17-20/h1-17H,(H,30,32). The number of aromatic nitrogens is 3. The molecule has 0 saturated carbocycles. The van der Waals surface area contributed by atoms with Gasteiger partial charge in [-0.15, -0.1) is 5.10 Å². The first-order chi connectivity index (χ1) is 16.7. The van der Waals surface area contributed by atoms with E-state index in [-0.39, 0.29) is 5.91 Å². The minimum absolute atomic E-state index is 0.277. The molecule has 164 valence electrons. The van der Waals surface area contributed by atoms with Gasteiger partial charge in [0.15, 0.2) is 5.76 Å². The smallest absolute Gasteiger partial charge is 0.272 e. The number of hydrogen-bond donors (Lipinski definition) is 1. The normalized spacial score (nSPS) is 11.1. The molecule has 0 aliphatic rings. The molecule has 34 heavy (non-hydrogen) atoms. The summed E-state index contributed by atoms with van der Waals surface area (Å²) >= 11 is 1.64. The molecule has 0 fully saturated rings. The second kappa shape index (κ2) is 8.46. The molecule has 0 bridgehead atoms. The molecule has 0 atom stereocenters. The number of benzene rings is 2. The number of nitrogens with zero attached hydrogens (tertiary/aromatic N) is 3. The molecule has 1 N–H and O–H groups in total. The van der Waals surface area contributed by atoms with Gasteiger partial charge in [-0.3, -0.25) is 4.79 Å². The van der Waals surface area contributed by atoms with Gasteiger partial charge in [-0.2, -0.15) is 16.1 Å². The van der Waals surface area contributed by atoms with Gasteiger partial charge < -0.3 is 4.42 Å². The first-order valence-corrected chi connectivity index (χ1v) is 11.6. The average Bonchev–Trinajstić information content (AvgIpc) is 3.66. The first kappa shape index (κ1) is 20.1. The van der Waals surface area contributed by atoms with Crippen molar-refractivity contribution in [1.82, 2.24) is 14.9 Å². The minimum atomic E-state index is -0.277. The molecule has 1 amide bonds. The Labute approximate surface area is 199 Å². The zero-order chi connectivity index (χ0) is 22.9. The molecule has 0 saturated heterocycles. The molecule has 4 heterocycles. The van der Waals surface area contributed by atoms with Crippen LogP contribution in [0.5, 0.6) is 0 Å². The molecule has 0 aliphatic carbocycles. The molecule has 4 aromatic heterocycles. The van der Waals surface area contributed by atoms with Crippen molar-refractivity contribution in [3.63, 3.8) is 0 Å². The first-order valence-electron chi connectivity index (χ1n) is 10.7. The monoisotopic (exact) mass is 462 g/mol. The Morgan fingerprint density at radius 2 is 1.79 bits per heavy atom. The number of furan rings is 1. The quantitative estimate of drug-likeness (QED) is 0.319. The number of nitrogens with one attached hydrogen (secondary N) is 1. The Kier molecular flexibility index (Phi) is 5.01. The van der Waals surface area contributed by atoms with Crippen LogP contribution in [0.4, 0.5) is 0 Å². The van der Waals surface area contributed by atoms with Crippen molar-refractivity contribution < 1.29 is 9.21 Å². The lowest BCUT2D eigenvalue weighted by atomic mass is 10.00. The number of carbonyl (C=O) groups excluding carboxylic acids is 1. The van der Waals surface area contributed by atoms with Crippen LogP contribution in [-0.4, -0.2) is 20.8 Å². The lowest BCUT2D eigenvalue weighted by Crippen LogP contribution is -2.23. The van der Waals surface area contributed by atoms with E-state index in [0.29, 0.717) is 17.0 Å². The zero-order valence-corrected chi connectivity index (χ0v) is 18.7. The van der Waals surface area contributed by atoms with Crippen LogP contribution in [0.25, 0.3) is 44.7 Å². The number of rotatable bonds is 5. The van der Waals surface area contributed by atoms with Gasteiger partial charge in [-0.25, -0.2) is 10.4 Å². The van der Waals surface area contributed by atoms with Gasteiger partial charge >= 0.3 is 0 Å². The summed E-state index contributed by atoms with van der Waals surface area (Å²) < 4.78 is 5.40. The molecule has 2 aromatic carbocycles. The molecule has 0 unspecified atom stereocenters. The number of hydrogen-bond acceptors (Lipinski definition) is 5. The van der Waals surface area contributed by atoms with Gasteiger partial charge in [0.25, 0.3) is 5.91 Å². The van der Waals surface area contributed by atoms with E-state index in [1.54, 1.807) is 35.9 Å². The summed E-state index contributed by atoms with van der Waals surface area (Å²) in [7, 11) is 0. The van der Waals surface area contributed by atoms with Crippen molar-refractivity contribution in [2.24, 2.45) is 0 Å². The van der Waals surface area contributed by atoms with E-state index in [1.807, 2.05) is 66.0 Å². The summed E-state index contributed by atoms with van der Waals surface area (Å²) in [6.45, 7) is 0. The SMILES string of the molecule is O=C(Nn1ccc(-c2ccco2)n1)c1cc(-c2ccccc2)nc2ccc(-c3ccsc3)cc12. The van der Waals surface area contributed by atoms with E-state index in [4.69, 9.17) is 9.40 Å². The van der Waals surface area contributed by atoms with Crippen molar-refractivity contribution in [2.45, 2.75) is 0 Å². The van der Waals surface area contributed by atoms with Crippen LogP contribution in [-0.2, 0) is 0 Å². The third kappa shape index (κ3) is 3.78. The molecular formula is C27H18N4O2S.